The van der Waals surface area contributed by atoms with Crippen LogP contribution in [0, 0.1) is 0 Å². The summed E-state index contributed by atoms with van der Waals surface area (Å²) in [6.45, 7) is 5.35. The van der Waals surface area contributed by atoms with E-state index in [4.69, 9.17) is 5.73 Å². The van der Waals surface area contributed by atoms with Crippen LogP contribution in [0.25, 0.3) is 0 Å². The maximum Gasteiger partial charge on any atom is 0.416 e. The monoisotopic (exact) mass is 440 g/mol. The van der Waals surface area contributed by atoms with E-state index in [0.717, 1.165) is 48.3 Å². The van der Waals surface area contributed by atoms with E-state index in [9.17, 15) is 18.0 Å². The van der Waals surface area contributed by atoms with Gasteiger partial charge in [-0.15, -0.1) is 11.8 Å². The number of carbonyl (C=O) groups is 1. The number of thioether (sulfide) groups is 1. The first-order valence-electron chi connectivity index (χ1n) is 10.2. The lowest BCUT2D eigenvalue weighted by molar-refractivity contribution is -0.137. The van der Waals surface area contributed by atoms with Crippen molar-refractivity contribution >= 4 is 17.7 Å². The van der Waals surface area contributed by atoms with Crippen molar-refractivity contribution in [2.45, 2.75) is 24.6 Å². The van der Waals surface area contributed by atoms with Crippen molar-refractivity contribution in [2.75, 3.05) is 52.1 Å². The molecule has 1 aromatic carbocycles. The van der Waals surface area contributed by atoms with E-state index in [1.165, 1.54) is 17.8 Å². The Morgan fingerprint density at radius 3 is 2.67 bits per heavy atom. The molecule has 3 N–H and O–H groups in total. The molecule has 9 heteroatoms. The summed E-state index contributed by atoms with van der Waals surface area (Å²) in [5, 5.41) is 3.28. The smallest absolute Gasteiger partial charge is 0.369 e. The highest BCUT2D eigenvalue weighted by atomic mass is 32.2. The van der Waals surface area contributed by atoms with Gasteiger partial charge in [0.25, 0.3) is 0 Å². The van der Waals surface area contributed by atoms with Crippen LogP contribution in [0.5, 0.6) is 0 Å². The van der Waals surface area contributed by atoms with Crippen molar-refractivity contribution in [1.82, 2.24) is 15.1 Å². The van der Waals surface area contributed by atoms with Crippen molar-refractivity contribution in [3.05, 3.63) is 45.4 Å². The number of primary amides is 1. The molecule has 3 heterocycles. The molecule has 3 aliphatic heterocycles. The number of nitrogens with one attached hydrogen (secondary N) is 1. The highest BCUT2D eigenvalue weighted by Gasteiger charge is 2.50. The van der Waals surface area contributed by atoms with Gasteiger partial charge in [-0.05, 0) is 53.8 Å². The van der Waals surface area contributed by atoms with Gasteiger partial charge in [-0.1, -0.05) is 6.07 Å². The van der Waals surface area contributed by atoms with Crippen LogP contribution in [0.2, 0.25) is 0 Å². The Hall–Kier alpha value is -1.55. The summed E-state index contributed by atoms with van der Waals surface area (Å²) in [5.41, 5.74) is 6.14. The molecule has 1 unspecified atom stereocenters. The summed E-state index contributed by atoms with van der Waals surface area (Å²) in [7, 11) is 2.06. The lowest BCUT2D eigenvalue weighted by atomic mass is 9.71. The van der Waals surface area contributed by atoms with E-state index < -0.39 is 23.1 Å². The zero-order chi connectivity index (χ0) is 21.5. The molecule has 5 nitrogen and oxygen atoms in total. The van der Waals surface area contributed by atoms with Crippen LogP contribution >= 0.6 is 11.8 Å². The Morgan fingerprint density at radius 1 is 1.27 bits per heavy atom. The molecule has 0 aliphatic carbocycles. The fraction of sp³-hybridized carbons (Fsp3) is 0.571. The third-order valence-corrected chi connectivity index (χ3v) is 7.78. The minimum absolute atomic E-state index is 0.367. The molecular formula is C21H27F3N4OS. The average molecular weight is 441 g/mol. The number of nitrogens with zero attached hydrogens (tertiary/aromatic N) is 2. The van der Waals surface area contributed by atoms with Gasteiger partial charge in [-0.2, -0.15) is 13.2 Å². The van der Waals surface area contributed by atoms with Crippen molar-refractivity contribution in [2.24, 2.45) is 5.73 Å². The van der Waals surface area contributed by atoms with Gasteiger partial charge in [-0.3, -0.25) is 9.69 Å². The second kappa shape index (κ2) is 8.18. The van der Waals surface area contributed by atoms with E-state index in [1.54, 1.807) is 6.07 Å². The van der Waals surface area contributed by atoms with Crippen LogP contribution < -0.4 is 11.1 Å². The summed E-state index contributed by atoms with van der Waals surface area (Å²) in [6, 6.07) is 3.85. The number of benzene rings is 1. The van der Waals surface area contributed by atoms with Crippen LogP contribution in [0.15, 0.2) is 28.7 Å². The van der Waals surface area contributed by atoms with Crippen LogP contribution in [-0.2, 0) is 22.9 Å². The van der Waals surface area contributed by atoms with Crippen LogP contribution in [0.3, 0.4) is 0 Å². The Labute approximate surface area is 178 Å². The predicted molar refractivity (Wildman–Crippen MR) is 112 cm³/mol. The van der Waals surface area contributed by atoms with Gasteiger partial charge in [0.1, 0.15) is 5.41 Å². The fourth-order valence-corrected chi connectivity index (χ4v) is 6.18. The largest absolute Gasteiger partial charge is 0.416 e. The molecule has 164 valence electrons. The number of likely N-dealkylation sites (N-methyl/N-ethyl adjacent to an activating group) is 1. The molecular weight excluding hydrogens is 413 g/mol. The first-order valence-corrected chi connectivity index (χ1v) is 11.2. The number of piperazine rings is 1. The van der Waals surface area contributed by atoms with Crippen molar-refractivity contribution < 1.29 is 18.0 Å². The highest BCUT2D eigenvalue weighted by molar-refractivity contribution is 8.03. The van der Waals surface area contributed by atoms with Gasteiger partial charge in [0.2, 0.25) is 5.91 Å². The van der Waals surface area contributed by atoms with Gasteiger partial charge in [0.05, 0.1) is 5.56 Å². The summed E-state index contributed by atoms with van der Waals surface area (Å²) in [4.78, 5) is 18.4. The molecule has 1 fully saturated rings. The molecule has 0 bridgehead atoms. The molecule has 3 aliphatic rings. The lowest BCUT2D eigenvalue weighted by Crippen LogP contribution is -2.47. The second-order valence-corrected chi connectivity index (χ2v) is 9.41. The maximum atomic E-state index is 13.6. The highest BCUT2D eigenvalue weighted by Crippen LogP contribution is 2.50. The van der Waals surface area contributed by atoms with E-state index in [1.807, 2.05) is 0 Å². The van der Waals surface area contributed by atoms with Gasteiger partial charge < -0.3 is 16.0 Å². The Kier molecular flexibility index (Phi) is 5.91. The SMILES string of the molecule is CN1CCN(Cc2ccc(C(F)(F)F)cc2C2(C(N)=O)CSC3=C2CCNC3)CC1. The Morgan fingerprint density at radius 2 is 2.00 bits per heavy atom. The molecule has 0 radical (unpaired) electrons. The fourth-order valence-electron chi connectivity index (χ4n) is 4.66. The molecule has 30 heavy (non-hydrogen) atoms. The number of hydrogen-bond acceptors (Lipinski definition) is 5. The summed E-state index contributed by atoms with van der Waals surface area (Å²) >= 11 is 1.54. The molecule has 1 saturated heterocycles. The van der Waals surface area contributed by atoms with E-state index in [0.29, 0.717) is 37.4 Å². The van der Waals surface area contributed by atoms with Gasteiger partial charge in [-0.25, -0.2) is 0 Å². The lowest BCUT2D eigenvalue weighted by Gasteiger charge is -2.36. The summed E-state index contributed by atoms with van der Waals surface area (Å²) in [6.07, 6.45) is -3.85. The van der Waals surface area contributed by atoms with Crippen LogP contribution in [0.1, 0.15) is 23.1 Å². The average Bonchev–Trinajstić information content (AvgIpc) is 3.10. The standard InChI is InChI=1S/C21H27F3N4OS/c1-27-6-8-28(9-7-27)12-14-2-3-15(21(22,23)24)10-17(14)20(19(25)29)13-30-18-11-26-5-4-16(18)20/h2-3,10,26H,4-9,11-13H2,1H3,(H2,25,29). The molecule has 1 atom stereocenters. The number of alkyl halides is 3. The first-order chi connectivity index (χ1) is 14.2. The van der Waals surface area contributed by atoms with E-state index in [2.05, 4.69) is 22.2 Å². The Bertz CT molecular complexity index is 864. The van der Waals surface area contributed by atoms with Crippen LogP contribution in [0.4, 0.5) is 13.2 Å². The van der Waals surface area contributed by atoms with Crippen molar-refractivity contribution in [3.63, 3.8) is 0 Å². The summed E-state index contributed by atoms with van der Waals surface area (Å²) < 4.78 is 40.8. The number of rotatable bonds is 4. The van der Waals surface area contributed by atoms with Crippen LogP contribution in [-0.4, -0.2) is 67.8 Å². The minimum Gasteiger partial charge on any atom is -0.369 e. The third-order valence-electron chi connectivity index (χ3n) is 6.46. The zero-order valence-electron chi connectivity index (χ0n) is 17.0. The zero-order valence-corrected chi connectivity index (χ0v) is 17.8. The summed E-state index contributed by atoms with van der Waals surface area (Å²) in [5.74, 6) is -0.188. The van der Waals surface area contributed by atoms with Gasteiger partial charge in [0.15, 0.2) is 0 Å². The number of hydrogen-bond donors (Lipinski definition) is 2. The van der Waals surface area contributed by atoms with Crippen molar-refractivity contribution in [1.29, 1.82) is 0 Å². The number of carbonyl (C=O) groups excluding carboxylic acids is 1. The van der Waals surface area contributed by atoms with Gasteiger partial charge >= 0.3 is 6.18 Å². The Balaban J connectivity index is 1.81. The van der Waals surface area contributed by atoms with Gasteiger partial charge in [0, 0.05) is 45.0 Å². The third kappa shape index (κ3) is 3.88. The number of amides is 1. The first kappa shape index (κ1) is 21.7. The topological polar surface area (TPSA) is 61.6 Å². The number of halogens is 3. The molecule has 1 amide bonds. The maximum absolute atomic E-state index is 13.6. The molecule has 0 spiro atoms. The molecule has 1 aromatic rings. The second-order valence-electron chi connectivity index (χ2n) is 8.34. The molecule has 4 rings (SSSR count). The minimum atomic E-state index is -4.48. The normalized spacial score (nSPS) is 26.1. The quantitative estimate of drug-likeness (QED) is 0.752. The molecule has 0 saturated carbocycles. The number of nitrogens with two attached hydrogens (primary N) is 1. The van der Waals surface area contributed by atoms with E-state index >= 15 is 0 Å². The predicted octanol–water partition coefficient (Wildman–Crippen LogP) is 2.17. The molecule has 0 aromatic heterocycles. The van der Waals surface area contributed by atoms with E-state index in [-0.39, 0.29) is 0 Å². The van der Waals surface area contributed by atoms with Crippen molar-refractivity contribution in [3.8, 4) is 0 Å².